The molecule has 104 valence electrons. The smallest absolute Gasteiger partial charge is 0.391 e. The number of anilines is 1. The molecule has 2 rings (SSSR count). The lowest BCUT2D eigenvalue weighted by Gasteiger charge is -2.17. The summed E-state index contributed by atoms with van der Waals surface area (Å²) in [5.74, 6) is 0.540. The van der Waals surface area contributed by atoms with Crippen LogP contribution in [0.3, 0.4) is 0 Å². The van der Waals surface area contributed by atoms with Gasteiger partial charge in [-0.25, -0.2) is 4.98 Å². The molecule has 0 bridgehead atoms. The number of para-hydroxylation sites is 1. The number of nitrogen functional groups attached to an aromatic ring is 1. The van der Waals surface area contributed by atoms with Gasteiger partial charge in [0.2, 0.25) is 5.95 Å². The van der Waals surface area contributed by atoms with E-state index in [1.807, 2.05) is 0 Å². The molecule has 0 aliphatic heterocycles. The van der Waals surface area contributed by atoms with E-state index >= 15 is 0 Å². The van der Waals surface area contributed by atoms with Gasteiger partial charge < -0.3 is 15.0 Å². The number of ether oxygens (including phenoxy) is 1. The summed E-state index contributed by atoms with van der Waals surface area (Å²) < 4.78 is 43.9. The molecular formula is C12H14F3N3O. The van der Waals surface area contributed by atoms with Gasteiger partial charge in [-0.15, -0.1) is 0 Å². The number of nitrogens with zero attached hydrogens (tertiary/aromatic N) is 2. The Labute approximate surface area is 108 Å². The highest BCUT2D eigenvalue weighted by molar-refractivity contribution is 5.84. The maximum absolute atomic E-state index is 12.5. The topological polar surface area (TPSA) is 53.1 Å². The Morgan fingerprint density at radius 3 is 2.68 bits per heavy atom. The lowest BCUT2D eigenvalue weighted by molar-refractivity contribution is -0.141. The monoisotopic (exact) mass is 273 g/mol. The highest BCUT2D eigenvalue weighted by Gasteiger charge is 2.32. The van der Waals surface area contributed by atoms with Crippen molar-refractivity contribution in [1.82, 2.24) is 9.55 Å². The number of aromatic nitrogens is 2. The second-order valence-corrected chi connectivity index (χ2v) is 4.34. The quantitative estimate of drug-likeness (QED) is 0.934. The van der Waals surface area contributed by atoms with Crippen molar-refractivity contribution in [3.63, 3.8) is 0 Å². The first-order valence-electron chi connectivity index (χ1n) is 5.70. The van der Waals surface area contributed by atoms with Gasteiger partial charge in [0, 0.05) is 6.04 Å². The molecule has 1 aromatic carbocycles. The largest absolute Gasteiger partial charge is 0.494 e. The van der Waals surface area contributed by atoms with Gasteiger partial charge in [-0.05, 0) is 19.1 Å². The highest BCUT2D eigenvalue weighted by Crippen LogP contribution is 2.34. The van der Waals surface area contributed by atoms with Gasteiger partial charge in [-0.1, -0.05) is 6.07 Å². The first-order valence-corrected chi connectivity index (χ1v) is 5.70. The van der Waals surface area contributed by atoms with Gasteiger partial charge in [0.15, 0.2) is 0 Å². The standard InChI is InChI=1S/C12H14F3N3O/c1-7(6-12(13,14)15)18-8-4-3-5-9(19-2)10(8)17-11(18)16/h3-5,7H,6H2,1-2H3,(H2,16,17). The predicted octanol–water partition coefficient (Wildman–Crippen LogP) is 3.14. The average Bonchev–Trinajstić information content (AvgIpc) is 2.62. The molecule has 4 nitrogen and oxygen atoms in total. The van der Waals surface area contributed by atoms with E-state index in [9.17, 15) is 13.2 Å². The van der Waals surface area contributed by atoms with Gasteiger partial charge >= 0.3 is 6.18 Å². The molecule has 7 heteroatoms. The summed E-state index contributed by atoms with van der Waals surface area (Å²) in [6.45, 7) is 1.46. The van der Waals surface area contributed by atoms with Crippen LogP contribution in [0.4, 0.5) is 19.1 Å². The van der Waals surface area contributed by atoms with Gasteiger partial charge in [0.05, 0.1) is 19.0 Å². The van der Waals surface area contributed by atoms with Gasteiger partial charge in [0.1, 0.15) is 11.3 Å². The SMILES string of the molecule is COc1cccc2c1nc(N)n2C(C)CC(F)(F)F. The van der Waals surface area contributed by atoms with Crippen LogP contribution in [0, 0.1) is 0 Å². The fourth-order valence-corrected chi connectivity index (χ4v) is 2.16. The van der Waals surface area contributed by atoms with Crippen molar-refractivity contribution in [3.05, 3.63) is 18.2 Å². The third kappa shape index (κ3) is 2.59. The second kappa shape index (κ2) is 4.64. The van der Waals surface area contributed by atoms with E-state index in [4.69, 9.17) is 10.5 Å². The van der Waals surface area contributed by atoms with Crippen LogP contribution in [0.25, 0.3) is 11.0 Å². The summed E-state index contributed by atoms with van der Waals surface area (Å²) in [5.41, 5.74) is 6.73. The molecule has 0 aliphatic rings. The van der Waals surface area contributed by atoms with E-state index < -0.39 is 18.6 Å². The van der Waals surface area contributed by atoms with E-state index in [0.29, 0.717) is 16.8 Å². The summed E-state index contributed by atoms with van der Waals surface area (Å²) in [7, 11) is 1.48. The first-order chi connectivity index (χ1) is 8.83. The molecule has 19 heavy (non-hydrogen) atoms. The summed E-state index contributed by atoms with van der Waals surface area (Å²) in [4.78, 5) is 4.08. The van der Waals surface area contributed by atoms with E-state index in [1.165, 1.54) is 18.6 Å². The van der Waals surface area contributed by atoms with Gasteiger partial charge in [-0.2, -0.15) is 13.2 Å². The van der Waals surface area contributed by atoms with Crippen LogP contribution >= 0.6 is 0 Å². The Balaban J connectivity index is 2.52. The minimum Gasteiger partial charge on any atom is -0.494 e. The number of methoxy groups -OCH3 is 1. The molecule has 0 saturated heterocycles. The van der Waals surface area contributed by atoms with E-state index in [2.05, 4.69) is 4.98 Å². The molecule has 0 fully saturated rings. The first kappa shape index (κ1) is 13.5. The number of hydrogen-bond donors (Lipinski definition) is 1. The van der Waals surface area contributed by atoms with Crippen molar-refractivity contribution in [1.29, 1.82) is 0 Å². The van der Waals surface area contributed by atoms with Crippen molar-refractivity contribution in [2.45, 2.75) is 25.6 Å². The molecule has 0 aliphatic carbocycles. The van der Waals surface area contributed by atoms with Crippen LogP contribution < -0.4 is 10.5 Å². The third-order valence-electron chi connectivity index (χ3n) is 2.90. The van der Waals surface area contributed by atoms with Crippen LogP contribution in [0.5, 0.6) is 5.75 Å². The molecule has 1 atom stereocenters. The molecule has 2 N–H and O–H groups in total. The Morgan fingerprint density at radius 1 is 1.42 bits per heavy atom. The minimum absolute atomic E-state index is 0.0521. The Morgan fingerprint density at radius 2 is 2.11 bits per heavy atom. The number of alkyl halides is 3. The summed E-state index contributed by atoms with van der Waals surface area (Å²) >= 11 is 0. The fraction of sp³-hybridized carbons (Fsp3) is 0.417. The molecule has 0 amide bonds. The maximum atomic E-state index is 12.5. The lowest BCUT2D eigenvalue weighted by Crippen LogP contribution is -2.17. The minimum atomic E-state index is -4.25. The summed E-state index contributed by atoms with van der Waals surface area (Å²) in [6.07, 6.45) is -5.21. The van der Waals surface area contributed by atoms with E-state index in [-0.39, 0.29) is 5.95 Å². The molecule has 1 aromatic heterocycles. The zero-order valence-corrected chi connectivity index (χ0v) is 10.5. The van der Waals surface area contributed by atoms with Crippen molar-refractivity contribution in [2.24, 2.45) is 0 Å². The molecule has 0 saturated carbocycles. The summed E-state index contributed by atoms with van der Waals surface area (Å²) in [6, 6.07) is 4.23. The summed E-state index contributed by atoms with van der Waals surface area (Å²) in [5, 5.41) is 0. The molecule has 0 spiro atoms. The van der Waals surface area contributed by atoms with Crippen molar-refractivity contribution in [3.8, 4) is 5.75 Å². The Kier molecular flexibility index (Phi) is 3.30. The van der Waals surface area contributed by atoms with Crippen LogP contribution in [-0.2, 0) is 0 Å². The molecule has 1 heterocycles. The highest BCUT2D eigenvalue weighted by atomic mass is 19.4. The number of benzene rings is 1. The molecule has 0 radical (unpaired) electrons. The predicted molar refractivity (Wildman–Crippen MR) is 66.1 cm³/mol. The number of halogens is 3. The fourth-order valence-electron chi connectivity index (χ4n) is 2.16. The van der Waals surface area contributed by atoms with E-state index in [1.54, 1.807) is 18.2 Å². The number of fused-ring (bicyclic) bond motifs is 1. The molecular weight excluding hydrogens is 259 g/mol. The lowest BCUT2D eigenvalue weighted by atomic mass is 10.2. The van der Waals surface area contributed by atoms with Crippen LogP contribution in [0.1, 0.15) is 19.4 Å². The number of rotatable bonds is 3. The van der Waals surface area contributed by atoms with Crippen LogP contribution in [0.15, 0.2) is 18.2 Å². The number of imidazole rings is 1. The maximum Gasteiger partial charge on any atom is 0.391 e. The van der Waals surface area contributed by atoms with Crippen molar-refractivity contribution in [2.75, 3.05) is 12.8 Å². The normalized spacial score (nSPS) is 13.7. The van der Waals surface area contributed by atoms with Gasteiger partial charge in [0.25, 0.3) is 0 Å². The van der Waals surface area contributed by atoms with Crippen LogP contribution in [-0.4, -0.2) is 22.8 Å². The zero-order chi connectivity index (χ0) is 14.2. The van der Waals surface area contributed by atoms with Gasteiger partial charge in [-0.3, -0.25) is 0 Å². The third-order valence-corrected chi connectivity index (χ3v) is 2.90. The molecule has 2 aromatic rings. The molecule has 1 unspecified atom stereocenters. The van der Waals surface area contributed by atoms with Crippen LogP contribution in [0.2, 0.25) is 0 Å². The van der Waals surface area contributed by atoms with E-state index in [0.717, 1.165) is 0 Å². The second-order valence-electron chi connectivity index (χ2n) is 4.34. The zero-order valence-electron chi connectivity index (χ0n) is 10.5. The Hall–Kier alpha value is -1.92. The number of nitrogens with two attached hydrogens (primary N) is 1. The van der Waals surface area contributed by atoms with Crippen molar-refractivity contribution < 1.29 is 17.9 Å². The number of hydrogen-bond acceptors (Lipinski definition) is 3. The van der Waals surface area contributed by atoms with Crippen molar-refractivity contribution >= 4 is 17.0 Å². The Bertz CT molecular complexity index is 592. The average molecular weight is 273 g/mol.